The van der Waals surface area contributed by atoms with Crippen molar-refractivity contribution < 1.29 is 14.4 Å². The molecule has 2 saturated heterocycles. The number of nitrogens with zero attached hydrogens (tertiary/aromatic N) is 2. The SMILES string of the molecule is Cc1cc(CN2C3CCC2CC(CC(=O)O)C3)no1. The fourth-order valence-electron chi connectivity index (χ4n) is 3.74. The van der Waals surface area contributed by atoms with Crippen molar-refractivity contribution in [2.75, 3.05) is 0 Å². The fourth-order valence-corrected chi connectivity index (χ4v) is 3.74. The zero-order valence-corrected chi connectivity index (χ0v) is 11.2. The average Bonchev–Trinajstić information content (AvgIpc) is 2.82. The molecule has 1 aromatic rings. The Hall–Kier alpha value is -1.36. The number of aryl methyl sites for hydroxylation is 1. The Morgan fingerprint density at radius 2 is 2.16 bits per heavy atom. The van der Waals surface area contributed by atoms with Crippen LogP contribution in [0.15, 0.2) is 10.6 Å². The van der Waals surface area contributed by atoms with Gasteiger partial charge in [-0.05, 0) is 38.5 Å². The van der Waals surface area contributed by atoms with Gasteiger partial charge < -0.3 is 9.63 Å². The highest BCUT2D eigenvalue weighted by Gasteiger charge is 2.41. The van der Waals surface area contributed by atoms with Gasteiger partial charge >= 0.3 is 5.97 Å². The van der Waals surface area contributed by atoms with Crippen molar-refractivity contribution in [3.8, 4) is 0 Å². The van der Waals surface area contributed by atoms with Crippen LogP contribution >= 0.6 is 0 Å². The minimum atomic E-state index is -0.662. The molecule has 3 heterocycles. The van der Waals surface area contributed by atoms with Gasteiger partial charge in [0.05, 0.1) is 5.69 Å². The molecule has 2 aliphatic rings. The Morgan fingerprint density at radius 1 is 1.47 bits per heavy atom. The highest BCUT2D eigenvalue weighted by molar-refractivity contribution is 5.67. The normalized spacial score (nSPS) is 30.7. The summed E-state index contributed by atoms with van der Waals surface area (Å²) in [6.07, 6.45) is 4.73. The monoisotopic (exact) mass is 264 g/mol. The van der Waals surface area contributed by atoms with Gasteiger partial charge in [0.25, 0.3) is 0 Å². The number of fused-ring (bicyclic) bond motifs is 2. The summed E-state index contributed by atoms with van der Waals surface area (Å²) < 4.78 is 5.12. The Morgan fingerprint density at radius 3 is 2.68 bits per heavy atom. The van der Waals surface area contributed by atoms with E-state index in [2.05, 4.69) is 10.1 Å². The molecule has 0 radical (unpaired) electrons. The molecule has 2 aliphatic heterocycles. The van der Waals surface area contributed by atoms with Gasteiger partial charge in [0.15, 0.2) is 0 Å². The predicted octanol–water partition coefficient (Wildman–Crippen LogP) is 2.20. The summed E-state index contributed by atoms with van der Waals surface area (Å²) in [7, 11) is 0. The van der Waals surface area contributed by atoms with E-state index >= 15 is 0 Å². The molecule has 0 saturated carbocycles. The van der Waals surface area contributed by atoms with Crippen molar-refractivity contribution in [3.05, 3.63) is 17.5 Å². The molecule has 2 unspecified atom stereocenters. The van der Waals surface area contributed by atoms with Gasteiger partial charge in [-0.1, -0.05) is 5.16 Å². The van der Waals surface area contributed by atoms with Crippen LogP contribution in [0.3, 0.4) is 0 Å². The second kappa shape index (κ2) is 4.96. The zero-order chi connectivity index (χ0) is 13.4. The molecule has 2 atom stereocenters. The summed E-state index contributed by atoms with van der Waals surface area (Å²) in [5.74, 6) is 0.540. The smallest absolute Gasteiger partial charge is 0.303 e. The van der Waals surface area contributed by atoms with Crippen molar-refractivity contribution >= 4 is 5.97 Å². The van der Waals surface area contributed by atoms with Crippen molar-refractivity contribution in [2.24, 2.45) is 5.92 Å². The Bertz CT molecular complexity index is 457. The Kier molecular flexibility index (Phi) is 3.31. The predicted molar refractivity (Wildman–Crippen MR) is 68.6 cm³/mol. The number of hydrogen-bond donors (Lipinski definition) is 1. The molecule has 5 heteroatoms. The molecule has 1 N–H and O–H groups in total. The number of aromatic nitrogens is 1. The second-order valence-electron chi connectivity index (χ2n) is 5.92. The topological polar surface area (TPSA) is 66.6 Å². The first kappa shape index (κ1) is 12.7. The molecular formula is C14H20N2O3. The Labute approximate surface area is 112 Å². The van der Waals surface area contributed by atoms with Crippen molar-refractivity contribution in [1.82, 2.24) is 10.1 Å². The van der Waals surface area contributed by atoms with Gasteiger partial charge in [-0.25, -0.2) is 0 Å². The highest BCUT2D eigenvalue weighted by Crippen LogP contribution is 2.40. The lowest BCUT2D eigenvalue weighted by Gasteiger charge is -2.38. The van der Waals surface area contributed by atoms with Crippen LogP contribution in [0.4, 0.5) is 0 Å². The molecule has 0 aromatic carbocycles. The van der Waals surface area contributed by atoms with E-state index in [0.717, 1.165) is 30.8 Å². The number of hydrogen-bond acceptors (Lipinski definition) is 4. The van der Waals surface area contributed by atoms with Gasteiger partial charge in [0.2, 0.25) is 0 Å². The van der Waals surface area contributed by atoms with E-state index in [9.17, 15) is 4.79 Å². The van der Waals surface area contributed by atoms with E-state index < -0.39 is 5.97 Å². The molecule has 3 rings (SSSR count). The maximum atomic E-state index is 10.8. The van der Waals surface area contributed by atoms with Crippen LogP contribution in [0.5, 0.6) is 0 Å². The van der Waals surface area contributed by atoms with Gasteiger partial charge in [-0.3, -0.25) is 9.69 Å². The summed E-state index contributed by atoms with van der Waals surface area (Å²) in [5.41, 5.74) is 0.992. The lowest BCUT2D eigenvalue weighted by Crippen LogP contribution is -2.42. The van der Waals surface area contributed by atoms with Crippen LogP contribution in [0, 0.1) is 12.8 Å². The van der Waals surface area contributed by atoms with Gasteiger partial charge in [0, 0.05) is 31.1 Å². The molecule has 5 nitrogen and oxygen atoms in total. The van der Waals surface area contributed by atoms with E-state index in [0.29, 0.717) is 24.4 Å². The number of carboxylic acid groups (broad SMARTS) is 1. The number of piperidine rings is 1. The van der Waals surface area contributed by atoms with E-state index in [1.54, 1.807) is 0 Å². The molecule has 2 bridgehead atoms. The van der Waals surface area contributed by atoms with Crippen LogP contribution in [0.25, 0.3) is 0 Å². The summed E-state index contributed by atoms with van der Waals surface area (Å²) in [4.78, 5) is 13.3. The second-order valence-corrected chi connectivity index (χ2v) is 5.92. The quantitative estimate of drug-likeness (QED) is 0.903. The lowest BCUT2D eigenvalue weighted by molar-refractivity contribution is -0.138. The van der Waals surface area contributed by atoms with Crippen molar-refractivity contribution in [1.29, 1.82) is 0 Å². The largest absolute Gasteiger partial charge is 0.481 e. The summed E-state index contributed by atoms with van der Waals surface area (Å²) >= 11 is 0. The van der Waals surface area contributed by atoms with E-state index in [-0.39, 0.29) is 0 Å². The average molecular weight is 264 g/mol. The van der Waals surface area contributed by atoms with Crippen molar-refractivity contribution in [3.63, 3.8) is 0 Å². The van der Waals surface area contributed by atoms with Crippen molar-refractivity contribution in [2.45, 2.75) is 57.7 Å². The molecular weight excluding hydrogens is 244 g/mol. The molecule has 0 aliphatic carbocycles. The third-order valence-electron chi connectivity index (χ3n) is 4.47. The molecule has 2 fully saturated rings. The summed E-state index contributed by atoms with van der Waals surface area (Å²) in [5, 5.41) is 13.0. The van der Waals surface area contributed by atoms with Gasteiger partial charge in [-0.2, -0.15) is 0 Å². The lowest BCUT2D eigenvalue weighted by atomic mass is 9.88. The number of rotatable bonds is 4. The van der Waals surface area contributed by atoms with E-state index in [1.807, 2.05) is 13.0 Å². The maximum absolute atomic E-state index is 10.8. The first-order valence-electron chi connectivity index (χ1n) is 7.01. The zero-order valence-electron chi connectivity index (χ0n) is 11.2. The van der Waals surface area contributed by atoms with Crippen LogP contribution in [-0.2, 0) is 11.3 Å². The minimum absolute atomic E-state index is 0.323. The van der Waals surface area contributed by atoms with Gasteiger partial charge in [-0.15, -0.1) is 0 Å². The van der Waals surface area contributed by atoms with Crippen LogP contribution in [0.2, 0.25) is 0 Å². The van der Waals surface area contributed by atoms with Crippen LogP contribution < -0.4 is 0 Å². The maximum Gasteiger partial charge on any atom is 0.303 e. The molecule has 19 heavy (non-hydrogen) atoms. The molecule has 1 aromatic heterocycles. The first-order valence-corrected chi connectivity index (χ1v) is 7.01. The summed E-state index contributed by atoms with van der Waals surface area (Å²) in [6.45, 7) is 2.75. The number of carbonyl (C=O) groups is 1. The third-order valence-corrected chi connectivity index (χ3v) is 4.47. The molecule has 0 spiro atoms. The molecule has 0 amide bonds. The highest BCUT2D eigenvalue weighted by atomic mass is 16.5. The first-order chi connectivity index (χ1) is 9.11. The number of carboxylic acids is 1. The summed E-state index contributed by atoms with van der Waals surface area (Å²) in [6, 6.07) is 3.04. The fraction of sp³-hybridized carbons (Fsp3) is 0.714. The van der Waals surface area contributed by atoms with Crippen LogP contribution in [0.1, 0.15) is 43.6 Å². The molecule has 104 valence electrons. The number of aliphatic carboxylic acids is 1. The minimum Gasteiger partial charge on any atom is -0.481 e. The van der Waals surface area contributed by atoms with E-state index in [1.165, 1.54) is 12.8 Å². The standard InChI is InChI=1S/C14H20N2O3/c1-9-4-11(15-19-9)8-16-12-2-3-13(16)6-10(5-12)7-14(17)18/h4,10,12-13H,2-3,5-8H2,1H3,(H,17,18). The van der Waals surface area contributed by atoms with Crippen LogP contribution in [-0.4, -0.2) is 33.2 Å². The van der Waals surface area contributed by atoms with E-state index in [4.69, 9.17) is 9.63 Å². The third kappa shape index (κ3) is 2.66. The van der Waals surface area contributed by atoms with Gasteiger partial charge in [0.1, 0.15) is 5.76 Å². The Balaban J connectivity index is 1.64.